The zero-order valence-corrected chi connectivity index (χ0v) is 32.3. The molecule has 59 heavy (non-hydrogen) atoms. The van der Waals surface area contributed by atoms with Crippen LogP contribution in [-0.4, -0.2) is 34.0 Å². The van der Waals surface area contributed by atoms with Crippen molar-refractivity contribution in [2.75, 3.05) is 7.11 Å². The number of nitrogens with zero attached hydrogens (tertiary/aromatic N) is 2. The molecule has 0 atom stereocenters. The number of phenolic OH excluding ortho intramolecular Hbond substituents is 1. The summed E-state index contributed by atoms with van der Waals surface area (Å²) >= 11 is 2.77. The van der Waals surface area contributed by atoms with E-state index in [1.165, 1.54) is 22.7 Å². The van der Waals surface area contributed by atoms with Gasteiger partial charge >= 0.3 is 0 Å². The van der Waals surface area contributed by atoms with Crippen LogP contribution in [0, 0.1) is 23.3 Å². The van der Waals surface area contributed by atoms with E-state index in [4.69, 9.17) is 25.7 Å². The Morgan fingerprint density at radius 3 is 1.53 bits per heavy atom. The average Bonchev–Trinajstić information content (AvgIpc) is 3.83. The number of carbonyl (C=O) groups is 2. The van der Waals surface area contributed by atoms with Crippen LogP contribution in [0.4, 0.5) is 17.6 Å². The molecule has 0 radical (unpaired) electrons. The lowest BCUT2D eigenvalue weighted by molar-refractivity contribution is 0.0982. The van der Waals surface area contributed by atoms with Crippen molar-refractivity contribution in [3.05, 3.63) is 154 Å². The largest absolute Gasteiger partial charge is 0.508 e. The molecule has 16 heteroatoms. The Kier molecular flexibility index (Phi) is 11.7. The van der Waals surface area contributed by atoms with E-state index in [1.807, 2.05) is 66.7 Å². The molecule has 0 aliphatic rings. The Morgan fingerprint density at radius 2 is 1.07 bits per heavy atom. The number of aromatic nitrogens is 2. The zero-order chi connectivity index (χ0) is 41.8. The van der Waals surface area contributed by atoms with Gasteiger partial charge in [0.05, 0.1) is 27.5 Å². The van der Waals surface area contributed by atoms with E-state index in [0.717, 1.165) is 72.7 Å². The molecule has 0 spiro atoms. The van der Waals surface area contributed by atoms with Crippen molar-refractivity contribution in [2.45, 2.75) is 13.2 Å². The summed E-state index contributed by atoms with van der Waals surface area (Å²) in [4.78, 5) is 31.5. The third-order valence-electron chi connectivity index (χ3n) is 8.75. The van der Waals surface area contributed by atoms with Gasteiger partial charge in [0.1, 0.15) is 57.5 Å². The Balaban J connectivity index is 0.000000179. The maximum atomic E-state index is 14.3. The molecule has 2 amide bonds. The summed E-state index contributed by atoms with van der Waals surface area (Å²) in [5, 5.41) is 10.8. The first kappa shape index (κ1) is 40.2. The number of phenols is 1. The van der Waals surface area contributed by atoms with Crippen molar-refractivity contribution < 1.29 is 46.5 Å². The lowest BCUT2D eigenvalue weighted by atomic mass is 10.1. The number of carbonyl (C=O) groups excluding carboxylic acids is 2. The lowest BCUT2D eigenvalue weighted by Gasteiger charge is -2.08. The molecular formula is C43H30F4N4O6S2. The van der Waals surface area contributed by atoms with Gasteiger partial charge in [0.15, 0.2) is 23.1 Å². The van der Waals surface area contributed by atoms with Crippen molar-refractivity contribution in [1.82, 2.24) is 9.97 Å². The van der Waals surface area contributed by atoms with Crippen LogP contribution >= 0.6 is 22.7 Å². The number of benzene rings is 6. The highest BCUT2D eigenvalue weighted by molar-refractivity contribution is 7.18. The molecule has 8 rings (SSSR count). The summed E-state index contributed by atoms with van der Waals surface area (Å²) in [6.07, 6.45) is 0. The molecule has 0 saturated carbocycles. The van der Waals surface area contributed by atoms with Gasteiger partial charge < -0.3 is 30.8 Å². The van der Waals surface area contributed by atoms with Crippen molar-refractivity contribution >= 4 is 54.9 Å². The van der Waals surface area contributed by atoms with Gasteiger partial charge in [-0.2, -0.15) is 0 Å². The van der Waals surface area contributed by atoms with Gasteiger partial charge in [-0.25, -0.2) is 27.5 Å². The molecule has 5 N–H and O–H groups in total. The molecule has 0 bridgehead atoms. The second-order valence-corrected chi connectivity index (χ2v) is 14.9. The number of fused-ring (bicyclic) bond motifs is 2. The normalized spacial score (nSPS) is 10.9. The number of ether oxygens (including phenoxy) is 3. The Morgan fingerprint density at radius 1 is 0.610 bits per heavy atom. The number of aromatic hydroxyl groups is 1. The molecule has 10 nitrogen and oxygen atoms in total. The minimum absolute atomic E-state index is 0.0331. The molecule has 0 aliphatic heterocycles. The van der Waals surface area contributed by atoms with E-state index in [0.29, 0.717) is 10.0 Å². The van der Waals surface area contributed by atoms with Crippen LogP contribution in [0.2, 0.25) is 0 Å². The third-order valence-corrected chi connectivity index (χ3v) is 10.8. The van der Waals surface area contributed by atoms with Crippen LogP contribution < -0.4 is 25.7 Å². The monoisotopic (exact) mass is 838 g/mol. The maximum absolute atomic E-state index is 14.3. The summed E-state index contributed by atoms with van der Waals surface area (Å²) in [6.45, 7) is -0.0871. The van der Waals surface area contributed by atoms with Gasteiger partial charge in [-0.15, -0.1) is 22.7 Å². The maximum Gasteiger partial charge on any atom is 0.254 e. The number of primary amides is 2. The van der Waals surface area contributed by atoms with Crippen molar-refractivity contribution in [3.8, 4) is 45.3 Å². The van der Waals surface area contributed by atoms with Crippen LogP contribution in [0.3, 0.4) is 0 Å². The predicted octanol–water partition coefficient (Wildman–Crippen LogP) is 9.55. The van der Waals surface area contributed by atoms with E-state index in [1.54, 1.807) is 25.3 Å². The Bertz CT molecular complexity index is 2880. The second kappa shape index (κ2) is 17.2. The molecule has 8 aromatic rings. The standard InChI is InChI=1S/C22H16F2N2O3S.C21H14F2N2O3S/c1-28-14-4-2-3-12(9-14)13-5-8-18-16(10-13)26-19(30-18)11-29-17-7-6-15(23)20(21(17)24)22(25)27;22-14-5-6-16(20(23)19(14)21(24)27)28-10-18-25-15-9-12(4-7-17(15)29-18)11-2-1-3-13(26)8-11/h2-10H,11H2,1H3,(H2,25,27);1-9,26H,10H2,(H2,24,27). The number of nitrogens with two attached hydrogens (primary N) is 2. The first-order chi connectivity index (χ1) is 28.4. The number of thiazole rings is 2. The molecule has 2 heterocycles. The van der Waals surface area contributed by atoms with Gasteiger partial charge in [-0.3, -0.25) is 9.59 Å². The highest BCUT2D eigenvalue weighted by Crippen LogP contribution is 2.33. The Hall–Kier alpha value is -7.04. The van der Waals surface area contributed by atoms with E-state index >= 15 is 0 Å². The minimum atomic E-state index is -1.20. The summed E-state index contributed by atoms with van der Waals surface area (Å²) in [5.74, 6) is -6.33. The summed E-state index contributed by atoms with van der Waals surface area (Å²) in [6, 6.07) is 30.3. The molecule has 2 aromatic heterocycles. The van der Waals surface area contributed by atoms with Gasteiger partial charge in [-0.05, 0) is 95.1 Å². The lowest BCUT2D eigenvalue weighted by Crippen LogP contribution is -2.16. The van der Waals surface area contributed by atoms with Crippen LogP contribution in [0.25, 0.3) is 42.7 Å². The average molecular weight is 839 g/mol. The summed E-state index contributed by atoms with van der Waals surface area (Å²) < 4.78 is 73.7. The van der Waals surface area contributed by atoms with Crippen LogP contribution in [-0.2, 0) is 13.2 Å². The fourth-order valence-electron chi connectivity index (χ4n) is 5.94. The number of halogens is 4. The molecule has 0 unspecified atom stereocenters. The number of amides is 2. The third kappa shape index (κ3) is 8.93. The highest BCUT2D eigenvalue weighted by atomic mass is 32.1. The minimum Gasteiger partial charge on any atom is -0.508 e. The SMILES string of the molecule is COc1cccc(-c2ccc3sc(COc4ccc(F)c(C(N)=O)c4F)nc3c2)c1.NC(=O)c1c(F)ccc(OCc2nc3cc(-c4cccc(O)c4)ccc3s2)c1F. The number of methoxy groups -OCH3 is 1. The summed E-state index contributed by atoms with van der Waals surface area (Å²) in [7, 11) is 1.62. The van der Waals surface area contributed by atoms with Gasteiger partial charge in [0.2, 0.25) is 0 Å². The molecule has 0 fully saturated rings. The van der Waals surface area contributed by atoms with Crippen LogP contribution in [0.15, 0.2) is 109 Å². The van der Waals surface area contributed by atoms with Crippen molar-refractivity contribution in [1.29, 1.82) is 0 Å². The fraction of sp³-hybridized carbons (Fsp3) is 0.0698. The first-order valence-corrected chi connectivity index (χ1v) is 19.1. The fourth-order valence-corrected chi connectivity index (χ4v) is 7.66. The smallest absolute Gasteiger partial charge is 0.254 e. The second-order valence-electron chi connectivity index (χ2n) is 12.6. The predicted molar refractivity (Wildman–Crippen MR) is 217 cm³/mol. The van der Waals surface area contributed by atoms with Gasteiger partial charge in [-0.1, -0.05) is 36.4 Å². The van der Waals surface area contributed by atoms with Crippen molar-refractivity contribution in [3.63, 3.8) is 0 Å². The number of hydrogen-bond acceptors (Lipinski definition) is 10. The van der Waals surface area contributed by atoms with E-state index in [9.17, 15) is 32.3 Å². The summed E-state index contributed by atoms with van der Waals surface area (Å²) in [5.41, 5.74) is 13.6. The van der Waals surface area contributed by atoms with Crippen molar-refractivity contribution in [2.24, 2.45) is 11.5 Å². The van der Waals surface area contributed by atoms with E-state index < -0.39 is 46.2 Å². The first-order valence-electron chi connectivity index (χ1n) is 17.4. The molecule has 298 valence electrons. The molecule has 6 aromatic carbocycles. The Labute approximate surface area is 340 Å². The molecular weight excluding hydrogens is 809 g/mol. The molecule has 0 saturated heterocycles. The highest BCUT2D eigenvalue weighted by Gasteiger charge is 2.21. The van der Waals surface area contributed by atoms with Gasteiger partial charge in [0, 0.05) is 0 Å². The topological polar surface area (TPSA) is 160 Å². The number of rotatable bonds is 11. The zero-order valence-electron chi connectivity index (χ0n) is 30.7. The van der Waals surface area contributed by atoms with E-state index in [-0.39, 0.29) is 30.5 Å². The quantitative estimate of drug-likeness (QED) is 0.109. The van der Waals surface area contributed by atoms with Crippen LogP contribution in [0.1, 0.15) is 30.7 Å². The number of hydrogen-bond donors (Lipinski definition) is 3. The van der Waals surface area contributed by atoms with Gasteiger partial charge in [0.25, 0.3) is 11.8 Å². The van der Waals surface area contributed by atoms with Crippen LogP contribution in [0.5, 0.6) is 23.0 Å². The van der Waals surface area contributed by atoms with E-state index in [2.05, 4.69) is 9.97 Å². The molecule has 0 aliphatic carbocycles.